The number of unbranched alkanes of at least 4 members (excludes halogenated alkanes) is 3. The number of hydrogen-bond acceptors (Lipinski definition) is 3. The molecule has 3 heteroatoms. The molecule has 1 atom stereocenters. The van der Waals surface area contributed by atoms with E-state index in [0.29, 0.717) is 5.92 Å². The molecule has 1 fully saturated rings. The molecule has 1 heterocycles. The van der Waals surface area contributed by atoms with Crippen LogP contribution in [0, 0.1) is 5.92 Å². The van der Waals surface area contributed by atoms with Gasteiger partial charge in [0.25, 0.3) is 0 Å². The summed E-state index contributed by atoms with van der Waals surface area (Å²) in [6.07, 6.45) is 6.24. The number of rotatable bonds is 9. The molecule has 0 spiro atoms. The summed E-state index contributed by atoms with van der Waals surface area (Å²) in [5.41, 5.74) is 0.256. The number of hydrogen-bond donors (Lipinski definition) is 1. The molecule has 0 aromatic rings. The highest BCUT2D eigenvalue weighted by Gasteiger charge is 2.15. The maximum absolute atomic E-state index is 5.68. The van der Waals surface area contributed by atoms with Gasteiger partial charge in [0.2, 0.25) is 0 Å². The van der Waals surface area contributed by atoms with Crippen LogP contribution in [-0.4, -0.2) is 38.5 Å². The van der Waals surface area contributed by atoms with Gasteiger partial charge in [0.1, 0.15) is 0 Å². The third-order valence-corrected chi connectivity index (χ3v) is 3.25. The largest absolute Gasteiger partial charge is 0.381 e. The molecule has 0 bridgehead atoms. The lowest BCUT2D eigenvalue weighted by Gasteiger charge is -2.20. The van der Waals surface area contributed by atoms with Crippen LogP contribution in [0.3, 0.4) is 0 Å². The van der Waals surface area contributed by atoms with Gasteiger partial charge in [0.05, 0.1) is 13.2 Å². The number of nitrogens with one attached hydrogen (secondary N) is 1. The van der Waals surface area contributed by atoms with Crippen molar-refractivity contribution in [3.05, 3.63) is 0 Å². The maximum atomic E-state index is 5.68. The van der Waals surface area contributed by atoms with E-state index in [1.54, 1.807) is 0 Å². The first kappa shape index (κ1) is 15.9. The molecular formula is C15H31NO2. The highest BCUT2D eigenvalue weighted by molar-refractivity contribution is 4.69. The van der Waals surface area contributed by atoms with Crippen LogP contribution in [0.2, 0.25) is 0 Å². The summed E-state index contributed by atoms with van der Waals surface area (Å²) < 4.78 is 11.0. The van der Waals surface area contributed by atoms with Gasteiger partial charge in [0.15, 0.2) is 0 Å². The Hall–Kier alpha value is -0.120. The van der Waals surface area contributed by atoms with Crippen molar-refractivity contribution in [1.82, 2.24) is 5.32 Å². The first-order valence-corrected chi connectivity index (χ1v) is 7.48. The van der Waals surface area contributed by atoms with Gasteiger partial charge in [-0.25, -0.2) is 0 Å². The van der Waals surface area contributed by atoms with E-state index in [2.05, 4.69) is 26.1 Å². The summed E-state index contributed by atoms with van der Waals surface area (Å²) in [5, 5.41) is 3.52. The molecule has 0 aliphatic carbocycles. The number of ether oxygens (including phenoxy) is 2. The van der Waals surface area contributed by atoms with Crippen molar-refractivity contribution in [1.29, 1.82) is 0 Å². The Morgan fingerprint density at radius 3 is 2.61 bits per heavy atom. The van der Waals surface area contributed by atoms with E-state index < -0.39 is 0 Å². The maximum Gasteiger partial charge on any atom is 0.0517 e. The van der Waals surface area contributed by atoms with Crippen molar-refractivity contribution >= 4 is 0 Å². The monoisotopic (exact) mass is 257 g/mol. The highest BCUT2D eigenvalue weighted by Crippen LogP contribution is 2.12. The third kappa shape index (κ3) is 8.90. The highest BCUT2D eigenvalue weighted by atomic mass is 16.5. The van der Waals surface area contributed by atoms with Crippen LogP contribution in [-0.2, 0) is 9.47 Å². The van der Waals surface area contributed by atoms with Crippen LogP contribution in [0.4, 0.5) is 0 Å². The summed E-state index contributed by atoms with van der Waals surface area (Å²) in [5.74, 6) is 0.654. The summed E-state index contributed by atoms with van der Waals surface area (Å²) in [6.45, 7) is 11.4. The van der Waals surface area contributed by atoms with Gasteiger partial charge in [-0.2, -0.15) is 0 Å². The zero-order chi connectivity index (χ0) is 13.3. The smallest absolute Gasteiger partial charge is 0.0517 e. The molecule has 1 aliphatic heterocycles. The Balaban J connectivity index is 1.76. The molecule has 1 aliphatic rings. The molecule has 1 unspecified atom stereocenters. The summed E-state index contributed by atoms with van der Waals surface area (Å²) >= 11 is 0. The van der Waals surface area contributed by atoms with Crippen LogP contribution in [0.1, 0.15) is 52.9 Å². The molecule has 18 heavy (non-hydrogen) atoms. The predicted molar refractivity (Wildman–Crippen MR) is 76.0 cm³/mol. The van der Waals surface area contributed by atoms with Gasteiger partial charge < -0.3 is 14.8 Å². The average Bonchev–Trinajstić information content (AvgIpc) is 2.78. The minimum Gasteiger partial charge on any atom is -0.381 e. The molecule has 0 aromatic heterocycles. The van der Waals surface area contributed by atoms with Crippen molar-refractivity contribution in [2.45, 2.75) is 58.4 Å². The van der Waals surface area contributed by atoms with E-state index in [9.17, 15) is 0 Å². The Kier molecular flexibility index (Phi) is 7.87. The van der Waals surface area contributed by atoms with E-state index in [0.717, 1.165) is 33.0 Å². The van der Waals surface area contributed by atoms with Crippen LogP contribution in [0.25, 0.3) is 0 Å². The Bertz CT molecular complexity index is 195. The van der Waals surface area contributed by atoms with Gasteiger partial charge in [-0.3, -0.25) is 0 Å². The van der Waals surface area contributed by atoms with Crippen LogP contribution in [0.5, 0.6) is 0 Å². The van der Waals surface area contributed by atoms with Gasteiger partial charge >= 0.3 is 0 Å². The Labute approximate surface area is 113 Å². The molecule has 108 valence electrons. The van der Waals surface area contributed by atoms with Gasteiger partial charge in [0, 0.05) is 24.7 Å². The summed E-state index contributed by atoms with van der Waals surface area (Å²) in [6, 6.07) is 0. The van der Waals surface area contributed by atoms with E-state index in [1.165, 1.54) is 32.1 Å². The normalized spacial score (nSPS) is 20.5. The second-order valence-electron chi connectivity index (χ2n) is 6.40. The minimum absolute atomic E-state index is 0.256. The molecular weight excluding hydrogens is 226 g/mol. The first-order chi connectivity index (χ1) is 8.58. The third-order valence-electron chi connectivity index (χ3n) is 3.25. The SMILES string of the molecule is CC(C)(C)NCCCCCCOCC1CCOC1. The summed E-state index contributed by atoms with van der Waals surface area (Å²) in [7, 11) is 0. The fourth-order valence-electron chi connectivity index (χ4n) is 2.11. The molecule has 3 nitrogen and oxygen atoms in total. The zero-order valence-electron chi connectivity index (χ0n) is 12.5. The lowest BCUT2D eigenvalue weighted by Crippen LogP contribution is -2.36. The van der Waals surface area contributed by atoms with E-state index in [-0.39, 0.29) is 5.54 Å². The molecule has 1 N–H and O–H groups in total. The Morgan fingerprint density at radius 1 is 1.17 bits per heavy atom. The minimum atomic E-state index is 0.256. The lowest BCUT2D eigenvalue weighted by atomic mass is 10.1. The average molecular weight is 257 g/mol. The second-order valence-corrected chi connectivity index (χ2v) is 6.40. The lowest BCUT2D eigenvalue weighted by molar-refractivity contribution is 0.0871. The van der Waals surface area contributed by atoms with Gasteiger partial charge in [-0.05, 0) is 46.6 Å². The van der Waals surface area contributed by atoms with Crippen molar-refractivity contribution in [3.63, 3.8) is 0 Å². The molecule has 0 saturated carbocycles. The molecule has 0 amide bonds. The standard InChI is InChI=1S/C15H31NO2/c1-15(2,3)16-9-6-4-5-7-10-17-12-14-8-11-18-13-14/h14,16H,4-13H2,1-3H3. The van der Waals surface area contributed by atoms with Gasteiger partial charge in [-0.1, -0.05) is 12.8 Å². The van der Waals surface area contributed by atoms with E-state index in [4.69, 9.17) is 9.47 Å². The van der Waals surface area contributed by atoms with E-state index in [1.807, 2.05) is 0 Å². The summed E-state index contributed by atoms with van der Waals surface area (Å²) in [4.78, 5) is 0. The topological polar surface area (TPSA) is 30.5 Å². The Morgan fingerprint density at radius 2 is 1.94 bits per heavy atom. The quantitative estimate of drug-likeness (QED) is 0.644. The molecule has 1 saturated heterocycles. The fraction of sp³-hybridized carbons (Fsp3) is 1.00. The zero-order valence-corrected chi connectivity index (χ0v) is 12.5. The van der Waals surface area contributed by atoms with Crippen molar-refractivity contribution < 1.29 is 9.47 Å². The fourth-order valence-corrected chi connectivity index (χ4v) is 2.11. The van der Waals surface area contributed by atoms with Crippen molar-refractivity contribution in [2.24, 2.45) is 5.92 Å². The molecule has 0 radical (unpaired) electrons. The molecule has 1 rings (SSSR count). The van der Waals surface area contributed by atoms with Crippen LogP contribution >= 0.6 is 0 Å². The van der Waals surface area contributed by atoms with Gasteiger partial charge in [-0.15, -0.1) is 0 Å². The van der Waals surface area contributed by atoms with Crippen LogP contribution in [0.15, 0.2) is 0 Å². The first-order valence-electron chi connectivity index (χ1n) is 7.48. The second kappa shape index (κ2) is 8.89. The predicted octanol–water partition coefficient (Wildman–Crippen LogP) is 2.99. The van der Waals surface area contributed by atoms with E-state index >= 15 is 0 Å². The van der Waals surface area contributed by atoms with Crippen molar-refractivity contribution in [2.75, 3.05) is 33.0 Å². The molecule has 0 aromatic carbocycles. The van der Waals surface area contributed by atoms with Crippen molar-refractivity contribution in [3.8, 4) is 0 Å². The van der Waals surface area contributed by atoms with Crippen LogP contribution < -0.4 is 5.32 Å².